The number of ketones is 1. The predicted octanol–water partition coefficient (Wildman–Crippen LogP) is 4.00. The molecule has 1 heterocycles. The second-order valence-electron chi connectivity index (χ2n) is 5.14. The molecule has 23 heavy (non-hydrogen) atoms. The molecule has 2 atom stereocenters. The molecule has 1 fully saturated rings. The summed E-state index contributed by atoms with van der Waals surface area (Å²) in [4.78, 5) is 12.5. The van der Waals surface area contributed by atoms with E-state index in [0.29, 0.717) is 11.1 Å². The smallest absolute Gasteiger partial charge is 0.344 e. The van der Waals surface area contributed by atoms with Crippen LogP contribution in [0.5, 0.6) is 0 Å². The van der Waals surface area contributed by atoms with Gasteiger partial charge in [0.15, 0.2) is 11.9 Å². The zero-order chi connectivity index (χ0) is 16.4. The first-order valence-electron chi connectivity index (χ1n) is 6.96. The molecule has 1 aliphatic heterocycles. The van der Waals surface area contributed by atoms with Crippen molar-refractivity contribution in [3.05, 3.63) is 71.3 Å². The molecule has 120 valence electrons. The quantitative estimate of drug-likeness (QED) is 0.801. The van der Waals surface area contributed by atoms with E-state index in [9.17, 15) is 18.0 Å². The minimum Gasteiger partial charge on any atom is -0.344 e. The number of Topliss-reactive ketones (excluding diaryl/α,β-unsaturated/α-hetero) is 1. The summed E-state index contributed by atoms with van der Waals surface area (Å²) in [5, 5.41) is 0. The lowest BCUT2D eigenvalue weighted by molar-refractivity contribution is -0.137. The molecule has 6 heteroatoms. The summed E-state index contributed by atoms with van der Waals surface area (Å²) in [6, 6.07) is 13.1. The van der Waals surface area contributed by atoms with Gasteiger partial charge in [-0.1, -0.05) is 42.5 Å². The fourth-order valence-corrected chi connectivity index (χ4v) is 2.47. The lowest BCUT2D eigenvalue weighted by Gasteiger charge is -2.17. The second-order valence-corrected chi connectivity index (χ2v) is 5.14. The van der Waals surface area contributed by atoms with E-state index in [-0.39, 0.29) is 12.6 Å². The summed E-state index contributed by atoms with van der Waals surface area (Å²) >= 11 is 0. The molecular formula is C17H13F3O3. The number of ether oxygens (including phenoxy) is 2. The average molecular weight is 322 g/mol. The number of rotatable bonds is 3. The SMILES string of the molecule is O=C(c1ccccc1)C1OCOC1c1ccc(C(F)(F)F)cc1. The van der Waals surface area contributed by atoms with Crippen molar-refractivity contribution >= 4 is 5.78 Å². The molecule has 2 aromatic carbocycles. The molecule has 1 saturated heterocycles. The van der Waals surface area contributed by atoms with Gasteiger partial charge in [-0.3, -0.25) is 4.79 Å². The molecule has 0 spiro atoms. The molecular weight excluding hydrogens is 309 g/mol. The number of hydrogen-bond acceptors (Lipinski definition) is 3. The molecule has 2 unspecified atom stereocenters. The highest BCUT2D eigenvalue weighted by molar-refractivity contribution is 6.00. The molecule has 3 nitrogen and oxygen atoms in total. The first-order valence-corrected chi connectivity index (χ1v) is 6.96. The van der Waals surface area contributed by atoms with Crippen molar-refractivity contribution in [3.8, 4) is 0 Å². The number of carbonyl (C=O) groups excluding carboxylic acids is 1. The molecule has 0 aromatic heterocycles. The minimum atomic E-state index is -4.40. The largest absolute Gasteiger partial charge is 0.416 e. The van der Waals surface area contributed by atoms with Gasteiger partial charge in [-0.2, -0.15) is 13.2 Å². The average Bonchev–Trinajstić information content (AvgIpc) is 3.04. The Kier molecular flexibility index (Phi) is 4.19. The Morgan fingerprint density at radius 3 is 2.22 bits per heavy atom. The maximum Gasteiger partial charge on any atom is 0.416 e. The Morgan fingerprint density at radius 1 is 0.957 bits per heavy atom. The van der Waals surface area contributed by atoms with Crippen LogP contribution in [0.25, 0.3) is 0 Å². The number of hydrogen-bond donors (Lipinski definition) is 0. The van der Waals surface area contributed by atoms with Crippen LogP contribution in [-0.4, -0.2) is 18.7 Å². The van der Waals surface area contributed by atoms with Crippen molar-refractivity contribution in [2.75, 3.05) is 6.79 Å². The van der Waals surface area contributed by atoms with Crippen LogP contribution in [-0.2, 0) is 15.7 Å². The van der Waals surface area contributed by atoms with Crippen LogP contribution in [0.15, 0.2) is 54.6 Å². The third kappa shape index (κ3) is 3.28. The van der Waals surface area contributed by atoms with Gasteiger partial charge in [0.25, 0.3) is 0 Å². The highest BCUT2D eigenvalue weighted by Gasteiger charge is 2.37. The van der Waals surface area contributed by atoms with E-state index in [4.69, 9.17) is 9.47 Å². The molecule has 0 saturated carbocycles. The van der Waals surface area contributed by atoms with E-state index in [2.05, 4.69) is 0 Å². The third-order valence-electron chi connectivity index (χ3n) is 3.65. The minimum absolute atomic E-state index is 0.0745. The van der Waals surface area contributed by atoms with Crippen LogP contribution >= 0.6 is 0 Å². The van der Waals surface area contributed by atoms with Crippen molar-refractivity contribution in [2.45, 2.75) is 18.4 Å². The van der Waals surface area contributed by atoms with Crippen molar-refractivity contribution in [1.29, 1.82) is 0 Å². The lowest BCUT2D eigenvalue weighted by atomic mass is 9.96. The van der Waals surface area contributed by atoms with Gasteiger partial charge in [0.1, 0.15) is 12.9 Å². The Morgan fingerprint density at radius 2 is 1.61 bits per heavy atom. The molecule has 0 amide bonds. The number of carbonyl (C=O) groups is 1. The Balaban J connectivity index is 1.83. The van der Waals surface area contributed by atoms with Crippen LogP contribution in [0.3, 0.4) is 0 Å². The number of alkyl halides is 3. The van der Waals surface area contributed by atoms with Crippen LogP contribution in [0, 0.1) is 0 Å². The van der Waals surface area contributed by atoms with Gasteiger partial charge in [-0.25, -0.2) is 0 Å². The standard InChI is InChI=1S/C17H13F3O3/c18-17(19,20)13-8-6-12(7-9-13)15-16(23-10-22-15)14(21)11-4-2-1-3-5-11/h1-9,15-16H,10H2. The molecule has 3 rings (SSSR count). The van der Waals surface area contributed by atoms with Crippen LogP contribution < -0.4 is 0 Å². The van der Waals surface area contributed by atoms with Gasteiger partial charge in [-0.15, -0.1) is 0 Å². The highest BCUT2D eigenvalue weighted by atomic mass is 19.4. The summed E-state index contributed by atoms with van der Waals surface area (Å²) < 4.78 is 48.6. The topological polar surface area (TPSA) is 35.5 Å². The summed E-state index contributed by atoms with van der Waals surface area (Å²) in [6.07, 6.45) is -5.98. The Bertz CT molecular complexity index is 680. The van der Waals surface area contributed by atoms with Gasteiger partial charge in [0, 0.05) is 5.56 Å². The van der Waals surface area contributed by atoms with E-state index in [1.54, 1.807) is 30.3 Å². The fraction of sp³-hybridized carbons (Fsp3) is 0.235. The van der Waals surface area contributed by atoms with Crippen LogP contribution in [0.2, 0.25) is 0 Å². The van der Waals surface area contributed by atoms with Crippen molar-refractivity contribution in [3.63, 3.8) is 0 Å². The van der Waals surface area contributed by atoms with E-state index < -0.39 is 23.9 Å². The number of halogens is 3. The molecule has 1 aliphatic rings. The zero-order valence-electron chi connectivity index (χ0n) is 11.9. The van der Waals surface area contributed by atoms with Crippen LogP contribution in [0.1, 0.15) is 27.6 Å². The van der Waals surface area contributed by atoms with Gasteiger partial charge in [-0.05, 0) is 17.7 Å². The van der Waals surface area contributed by atoms with E-state index in [1.165, 1.54) is 12.1 Å². The van der Waals surface area contributed by atoms with Gasteiger partial charge >= 0.3 is 6.18 Å². The third-order valence-corrected chi connectivity index (χ3v) is 3.65. The monoisotopic (exact) mass is 322 g/mol. The summed E-state index contributed by atoms with van der Waals surface area (Å²) in [7, 11) is 0. The van der Waals surface area contributed by atoms with Gasteiger partial charge < -0.3 is 9.47 Å². The normalized spacial score (nSPS) is 21.3. The highest BCUT2D eigenvalue weighted by Crippen LogP contribution is 2.34. The first kappa shape index (κ1) is 15.7. The lowest BCUT2D eigenvalue weighted by Crippen LogP contribution is -2.26. The van der Waals surface area contributed by atoms with Crippen molar-refractivity contribution in [1.82, 2.24) is 0 Å². The van der Waals surface area contributed by atoms with E-state index >= 15 is 0 Å². The molecule has 2 aromatic rings. The summed E-state index contributed by atoms with van der Waals surface area (Å²) in [5.74, 6) is -0.256. The maximum absolute atomic E-state index is 12.6. The Hall–Kier alpha value is -2.18. The number of benzene rings is 2. The fourth-order valence-electron chi connectivity index (χ4n) is 2.47. The summed E-state index contributed by atoms with van der Waals surface area (Å²) in [6.45, 7) is -0.0745. The van der Waals surface area contributed by atoms with E-state index in [0.717, 1.165) is 12.1 Å². The Labute approximate surface area is 130 Å². The first-order chi connectivity index (χ1) is 11.0. The maximum atomic E-state index is 12.6. The molecule has 0 N–H and O–H groups in total. The van der Waals surface area contributed by atoms with Crippen molar-refractivity contribution in [2.24, 2.45) is 0 Å². The van der Waals surface area contributed by atoms with Gasteiger partial charge in [0.05, 0.1) is 5.56 Å². The molecule has 0 radical (unpaired) electrons. The molecule has 0 bridgehead atoms. The van der Waals surface area contributed by atoms with Gasteiger partial charge in [0.2, 0.25) is 0 Å². The zero-order valence-corrected chi connectivity index (χ0v) is 11.9. The van der Waals surface area contributed by atoms with Crippen LogP contribution in [0.4, 0.5) is 13.2 Å². The van der Waals surface area contributed by atoms with E-state index in [1.807, 2.05) is 0 Å². The second kappa shape index (κ2) is 6.14. The molecule has 0 aliphatic carbocycles. The predicted molar refractivity (Wildman–Crippen MR) is 75.8 cm³/mol. The summed E-state index contributed by atoms with van der Waals surface area (Å²) in [5.41, 5.74) is 0.204. The van der Waals surface area contributed by atoms with Crippen molar-refractivity contribution < 1.29 is 27.4 Å².